The predicted molar refractivity (Wildman–Crippen MR) is 116 cm³/mol. The van der Waals surface area contributed by atoms with E-state index < -0.39 is 29.1 Å². The molecule has 0 unspecified atom stereocenters. The zero-order valence-corrected chi connectivity index (χ0v) is 17.4. The molecule has 164 valence electrons. The van der Waals surface area contributed by atoms with E-state index in [1.54, 1.807) is 5.38 Å². The van der Waals surface area contributed by atoms with Crippen molar-refractivity contribution in [2.75, 3.05) is 17.2 Å². The second-order valence-electron chi connectivity index (χ2n) is 6.45. The first-order valence-electron chi connectivity index (χ1n) is 9.08. The third-order valence-corrected chi connectivity index (χ3v) is 4.80. The minimum absolute atomic E-state index is 0.0433. The fraction of sp³-hybridized carbons (Fsp3) is 0.100. The molecule has 1 aromatic heterocycles. The van der Waals surface area contributed by atoms with Gasteiger partial charge in [0.2, 0.25) is 11.8 Å². The highest BCUT2D eigenvalue weighted by Crippen LogP contribution is 2.28. The molecule has 0 saturated heterocycles. The van der Waals surface area contributed by atoms with E-state index in [0.717, 1.165) is 23.5 Å². The van der Waals surface area contributed by atoms with Gasteiger partial charge in [-0.2, -0.15) is 0 Å². The molecule has 10 nitrogen and oxygen atoms in total. The van der Waals surface area contributed by atoms with Gasteiger partial charge in [-0.1, -0.05) is 6.07 Å². The van der Waals surface area contributed by atoms with Gasteiger partial charge >= 0.3 is 0 Å². The fourth-order valence-electron chi connectivity index (χ4n) is 2.65. The van der Waals surface area contributed by atoms with Crippen LogP contribution in [0.1, 0.15) is 17.3 Å². The van der Waals surface area contributed by atoms with E-state index in [2.05, 4.69) is 20.9 Å². The molecule has 0 radical (unpaired) electrons. The monoisotopic (exact) mass is 457 g/mol. The van der Waals surface area contributed by atoms with Crippen LogP contribution in [0.4, 0.5) is 20.9 Å². The molecule has 1 heterocycles. The number of non-ortho nitro benzene ring substituents is 1. The van der Waals surface area contributed by atoms with Gasteiger partial charge in [0, 0.05) is 41.3 Å². The molecule has 3 aromatic rings. The Kier molecular flexibility index (Phi) is 6.85. The summed E-state index contributed by atoms with van der Waals surface area (Å²) in [5.74, 6) is -2.15. The van der Waals surface area contributed by atoms with Gasteiger partial charge in [0.1, 0.15) is 5.82 Å². The number of benzene rings is 2. The van der Waals surface area contributed by atoms with Crippen LogP contribution >= 0.6 is 11.3 Å². The molecule has 0 atom stereocenters. The average Bonchev–Trinajstić information content (AvgIpc) is 3.19. The molecular weight excluding hydrogens is 441 g/mol. The highest BCUT2D eigenvalue weighted by atomic mass is 32.1. The maximum absolute atomic E-state index is 14.3. The standard InChI is InChI=1S/C20H16FN5O5S/c1-11(27)23-13-5-6-15(16(21)8-13)17-10-32-20(24-17)25-18(28)9-22-19(29)12-3-2-4-14(7-12)26(30)31/h2-8,10H,9H2,1H3,(H,22,29)(H,23,27)(H,24,25,28). The number of carbonyl (C=O) groups is 3. The summed E-state index contributed by atoms with van der Waals surface area (Å²) >= 11 is 1.06. The number of hydrogen-bond donors (Lipinski definition) is 3. The topological polar surface area (TPSA) is 143 Å². The van der Waals surface area contributed by atoms with Gasteiger partial charge in [0.05, 0.1) is 17.2 Å². The number of aromatic nitrogens is 1. The van der Waals surface area contributed by atoms with Gasteiger partial charge in [-0.15, -0.1) is 11.3 Å². The first-order chi connectivity index (χ1) is 15.2. The Morgan fingerprint density at radius 3 is 2.62 bits per heavy atom. The van der Waals surface area contributed by atoms with Crippen LogP contribution in [0.25, 0.3) is 11.3 Å². The van der Waals surface area contributed by atoms with Crippen molar-refractivity contribution in [2.24, 2.45) is 0 Å². The summed E-state index contributed by atoms with van der Waals surface area (Å²) in [5, 5.41) is 19.9. The smallest absolute Gasteiger partial charge is 0.270 e. The first-order valence-corrected chi connectivity index (χ1v) is 9.96. The molecule has 0 spiro atoms. The predicted octanol–water partition coefficient (Wildman–Crippen LogP) is 3.18. The van der Waals surface area contributed by atoms with Crippen LogP contribution < -0.4 is 16.0 Å². The van der Waals surface area contributed by atoms with Gasteiger partial charge in [0.15, 0.2) is 5.13 Å². The van der Waals surface area contributed by atoms with Crippen LogP contribution in [0, 0.1) is 15.9 Å². The third-order valence-electron chi connectivity index (χ3n) is 4.04. The lowest BCUT2D eigenvalue weighted by Crippen LogP contribution is -2.32. The van der Waals surface area contributed by atoms with E-state index in [4.69, 9.17) is 0 Å². The third kappa shape index (κ3) is 5.70. The Hall–Kier alpha value is -4.19. The first kappa shape index (κ1) is 22.5. The second kappa shape index (κ2) is 9.75. The van der Waals surface area contributed by atoms with Crippen molar-refractivity contribution < 1.29 is 23.7 Å². The summed E-state index contributed by atoms with van der Waals surface area (Å²) in [6.45, 7) is 0.920. The number of nitrogens with one attached hydrogen (secondary N) is 3. The Bertz CT molecular complexity index is 1210. The molecule has 0 aliphatic carbocycles. The van der Waals surface area contributed by atoms with E-state index in [-0.39, 0.29) is 33.5 Å². The average molecular weight is 457 g/mol. The maximum atomic E-state index is 14.3. The number of nitro groups is 1. The molecule has 32 heavy (non-hydrogen) atoms. The quantitative estimate of drug-likeness (QED) is 0.367. The molecule has 2 aromatic carbocycles. The van der Waals surface area contributed by atoms with Crippen molar-refractivity contribution in [2.45, 2.75) is 6.92 Å². The van der Waals surface area contributed by atoms with Crippen molar-refractivity contribution in [3.8, 4) is 11.3 Å². The lowest BCUT2D eigenvalue weighted by atomic mass is 10.1. The number of halogens is 1. The van der Waals surface area contributed by atoms with Crippen LogP contribution in [0.2, 0.25) is 0 Å². The summed E-state index contributed by atoms with van der Waals surface area (Å²) < 4.78 is 14.3. The number of rotatable bonds is 7. The maximum Gasteiger partial charge on any atom is 0.270 e. The molecule has 0 saturated carbocycles. The highest BCUT2D eigenvalue weighted by Gasteiger charge is 2.15. The van der Waals surface area contributed by atoms with Gasteiger partial charge < -0.3 is 16.0 Å². The number of hydrogen-bond acceptors (Lipinski definition) is 7. The lowest BCUT2D eigenvalue weighted by Gasteiger charge is -2.06. The van der Waals surface area contributed by atoms with Crippen molar-refractivity contribution in [1.82, 2.24) is 10.3 Å². The molecule has 0 aliphatic rings. The highest BCUT2D eigenvalue weighted by molar-refractivity contribution is 7.14. The molecule has 3 N–H and O–H groups in total. The summed E-state index contributed by atoms with van der Waals surface area (Å²) in [6, 6.07) is 9.26. The van der Waals surface area contributed by atoms with Crippen molar-refractivity contribution in [1.29, 1.82) is 0 Å². The number of nitrogens with zero attached hydrogens (tertiary/aromatic N) is 2. The molecule has 0 aliphatic heterocycles. The van der Waals surface area contributed by atoms with Crippen LogP contribution in [-0.2, 0) is 9.59 Å². The van der Waals surface area contributed by atoms with E-state index >= 15 is 0 Å². The van der Waals surface area contributed by atoms with E-state index in [9.17, 15) is 28.9 Å². The zero-order valence-electron chi connectivity index (χ0n) is 16.5. The molecule has 0 bridgehead atoms. The SMILES string of the molecule is CC(=O)Nc1ccc(-c2csc(NC(=O)CNC(=O)c3cccc([N+](=O)[O-])c3)n2)c(F)c1. The summed E-state index contributed by atoms with van der Waals surface area (Å²) in [7, 11) is 0. The fourth-order valence-corrected chi connectivity index (χ4v) is 3.37. The Morgan fingerprint density at radius 2 is 1.94 bits per heavy atom. The Balaban J connectivity index is 1.59. The van der Waals surface area contributed by atoms with Crippen LogP contribution in [0.5, 0.6) is 0 Å². The van der Waals surface area contributed by atoms with Crippen LogP contribution in [0.3, 0.4) is 0 Å². The number of amides is 3. The zero-order chi connectivity index (χ0) is 23.3. The van der Waals surface area contributed by atoms with Gasteiger partial charge in [-0.25, -0.2) is 9.37 Å². The number of anilines is 2. The van der Waals surface area contributed by atoms with Crippen molar-refractivity contribution in [3.05, 3.63) is 69.3 Å². The summed E-state index contributed by atoms with van der Waals surface area (Å²) in [6.07, 6.45) is 0. The van der Waals surface area contributed by atoms with Gasteiger partial charge in [-0.05, 0) is 24.3 Å². The van der Waals surface area contributed by atoms with E-state index in [1.807, 2.05) is 0 Å². The Labute approximate surface area is 184 Å². The van der Waals surface area contributed by atoms with E-state index in [0.29, 0.717) is 5.69 Å². The largest absolute Gasteiger partial charge is 0.343 e. The minimum Gasteiger partial charge on any atom is -0.343 e. The molecule has 3 amide bonds. The Morgan fingerprint density at radius 1 is 1.16 bits per heavy atom. The molecule has 0 fully saturated rings. The molecular formula is C20H16FN5O5S. The van der Waals surface area contributed by atoms with Gasteiger partial charge in [-0.3, -0.25) is 24.5 Å². The lowest BCUT2D eigenvalue weighted by molar-refractivity contribution is -0.384. The number of carbonyl (C=O) groups excluding carboxylic acids is 3. The van der Waals surface area contributed by atoms with E-state index in [1.165, 1.54) is 37.3 Å². The molecule has 3 rings (SSSR count). The molecule has 12 heteroatoms. The van der Waals surface area contributed by atoms with Crippen LogP contribution in [0.15, 0.2) is 47.8 Å². The number of nitro benzene ring substituents is 1. The minimum atomic E-state index is -0.648. The van der Waals surface area contributed by atoms with Crippen molar-refractivity contribution in [3.63, 3.8) is 0 Å². The van der Waals surface area contributed by atoms with Crippen molar-refractivity contribution >= 4 is 45.6 Å². The second-order valence-corrected chi connectivity index (χ2v) is 7.31. The van der Waals surface area contributed by atoms with Crippen LogP contribution in [-0.4, -0.2) is 34.2 Å². The van der Waals surface area contributed by atoms with Gasteiger partial charge in [0.25, 0.3) is 11.6 Å². The summed E-state index contributed by atoms with van der Waals surface area (Å²) in [4.78, 5) is 49.6. The number of thiazole rings is 1. The normalized spacial score (nSPS) is 10.3. The summed E-state index contributed by atoms with van der Waals surface area (Å²) in [5.41, 5.74) is 0.589.